The molecule has 1 aromatic carbocycles. The summed E-state index contributed by atoms with van der Waals surface area (Å²) < 4.78 is 10.8. The highest BCUT2D eigenvalue weighted by molar-refractivity contribution is 6.09. The third kappa shape index (κ3) is 4.30. The van der Waals surface area contributed by atoms with Crippen LogP contribution in [0.2, 0.25) is 0 Å². The molecule has 0 amide bonds. The number of allylic oxidation sites excluding steroid dienone is 2. The highest BCUT2D eigenvalue weighted by Crippen LogP contribution is 2.49. The highest BCUT2D eigenvalue weighted by atomic mass is 16.5. The number of nitrogens with zero attached hydrogens (tertiary/aromatic N) is 1. The van der Waals surface area contributed by atoms with Gasteiger partial charge in [0.05, 0.1) is 6.61 Å². The van der Waals surface area contributed by atoms with Crippen LogP contribution in [0.4, 0.5) is 0 Å². The summed E-state index contributed by atoms with van der Waals surface area (Å²) in [6.07, 6.45) is 0.972. The number of para-hydroxylation sites is 1. The number of ketones is 1. The molecule has 7 heteroatoms. The first-order valence-corrected chi connectivity index (χ1v) is 10.1. The van der Waals surface area contributed by atoms with Crippen LogP contribution >= 0.6 is 0 Å². The minimum absolute atomic E-state index is 0.0511. The van der Waals surface area contributed by atoms with E-state index in [9.17, 15) is 14.4 Å². The van der Waals surface area contributed by atoms with E-state index in [0.29, 0.717) is 41.1 Å². The van der Waals surface area contributed by atoms with Gasteiger partial charge in [0.15, 0.2) is 12.4 Å². The van der Waals surface area contributed by atoms with E-state index in [-0.39, 0.29) is 17.8 Å². The van der Waals surface area contributed by atoms with Gasteiger partial charge in [-0.15, -0.1) is 0 Å². The van der Waals surface area contributed by atoms with Crippen LogP contribution in [0.25, 0.3) is 0 Å². The van der Waals surface area contributed by atoms with Crippen LogP contribution < -0.4 is 4.74 Å². The largest absolute Gasteiger partial charge is 0.482 e. The van der Waals surface area contributed by atoms with Crippen molar-refractivity contribution in [2.75, 3.05) is 13.2 Å². The number of Topliss-reactive ketones (excluding diaryl/α,β-unsaturated/α-hetero) is 1. The Morgan fingerprint density at radius 3 is 2.60 bits per heavy atom. The summed E-state index contributed by atoms with van der Waals surface area (Å²) in [6.45, 7) is 7.23. The number of carbonyl (C=O) groups is 3. The molecule has 2 atom stereocenters. The zero-order valence-corrected chi connectivity index (χ0v) is 17.7. The van der Waals surface area contributed by atoms with Gasteiger partial charge >= 0.3 is 11.9 Å². The number of benzene rings is 1. The molecule has 7 nitrogen and oxygen atoms in total. The summed E-state index contributed by atoms with van der Waals surface area (Å²) in [5, 5.41) is 9.03. The first-order chi connectivity index (χ1) is 14.1. The van der Waals surface area contributed by atoms with Crippen molar-refractivity contribution in [1.82, 2.24) is 0 Å². The fourth-order valence-electron chi connectivity index (χ4n) is 4.33. The average Bonchev–Trinajstić information content (AvgIpc) is 2.64. The molecule has 0 radical (unpaired) electrons. The van der Waals surface area contributed by atoms with Crippen molar-refractivity contribution < 1.29 is 29.0 Å². The Bertz CT molecular complexity index is 943. The van der Waals surface area contributed by atoms with Crippen molar-refractivity contribution in [2.24, 2.45) is 16.3 Å². The predicted octanol–water partition coefficient (Wildman–Crippen LogP) is 3.53. The number of carboxylic acids is 1. The molecule has 1 aliphatic carbocycles. The molecule has 0 bridgehead atoms. The van der Waals surface area contributed by atoms with Crippen molar-refractivity contribution in [1.29, 1.82) is 0 Å². The molecule has 160 valence electrons. The van der Waals surface area contributed by atoms with E-state index in [4.69, 9.17) is 14.6 Å². The van der Waals surface area contributed by atoms with E-state index in [1.54, 1.807) is 38.1 Å². The lowest BCUT2D eigenvalue weighted by Gasteiger charge is -2.39. The van der Waals surface area contributed by atoms with Gasteiger partial charge in [0.25, 0.3) is 0 Å². The van der Waals surface area contributed by atoms with E-state index in [1.807, 2.05) is 13.8 Å². The Kier molecular flexibility index (Phi) is 6.10. The van der Waals surface area contributed by atoms with Crippen LogP contribution in [0.5, 0.6) is 5.75 Å². The van der Waals surface area contributed by atoms with Crippen LogP contribution in [0, 0.1) is 11.3 Å². The van der Waals surface area contributed by atoms with Crippen LogP contribution in [0.15, 0.2) is 40.5 Å². The molecule has 2 aliphatic rings. The van der Waals surface area contributed by atoms with Gasteiger partial charge in [0.2, 0.25) is 0 Å². The minimum Gasteiger partial charge on any atom is -0.482 e. The third-order valence-electron chi connectivity index (χ3n) is 5.45. The summed E-state index contributed by atoms with van der Waals surface area (Å²) >= 11 is 0. The molecular formula is C23H27NO6. The van der Waals surface area contributed by atoms with Gasteiger partial charge in [-0.05, 0) is 31.7 Å². The molecule has 1 aliphatic heterocycles. The topological polar surface area (TPSA) is 102 Å². The Morgan fingerprint density at radius 1 is 1.23 bits per heavy atom. The summed E-state index contributed by atoms with van der Waals surface area (Å²) in [6, 6.07) is 6.93. The molecule has 0 spiro atoms. The molecule has 30 heavy (non-hydrogen) atoms. The number of hydrogen-bond donors (Lipinski definition) is 1. The molecule has 0 fully saturated rings. The number of carboxylic acid groups (broad SMARTS) is 1. The fourth-order valence-corrected chi connectivity index (χ4v) is 4.33. The molecule has 0 saturated carbocycles. The van der Waals surface area contributed by atoms with E-state index < -0.39 is 30.4 Å². The maximum atomic E-state index is 13.2. The van der Waals surface area contributed by atoms with Crippen LogP contribution in [-0.2, 0) is 19.1 Å². The monoisotopic (exact) mass is 413 g/mol. The molecule has 1 N–H and O–H groups in total. The first kappa shape index (κ1) is 21.7. The lowest BCUT2D eigenvalue weighted by Crippen LogP contribution is -2.39. The number of ether oxygens (including phenoxy) is 2. The van der Waals surface area contributed by atoms with Crippen molar-refractivity contribution in [2.45, 2.75) is 46.5 Å². The number of aliphatic imine (C=N–C) groups is 1. The summed E-state index contributed by atoms with van der Waals surface area (Å²) in [5.74, 6) is -2.69. The second-order valence-electron chi connectivity index (χ2n) is 8.48. The van der Waals surface area contributed by atoms with Crippen LogP contribution in [0.3, 0.4) is 0 Å². The third-order valence-corrected chi connectivity index (χ3v) is 5.45. The number of carbonyl (C=O) groups excluding carboxylic acids is 2. The normalized spacial score (nSPS) is 22.8. The van der Waals surface area contributed by atoms with Crippen molar-refractivity contribution in [3.63, 3.8) is 0 Å². The fraction of sp³-hybridized carbons (Fsp3) is 0.478. The van der Waals surface area contributed by atoms with Gasteiger partial charge in [-0.2, -0.15) is 0 Å². The molecule has 1 unspecified atom stereocenters. The maximum Gasteiger partial charge on any atom is 0.341 e. The Morgan fingerprint density at radius 2 is 1.93 bits per heavy atom. The van der Waals surface area contributed by atoms with Crippen LogP contribution in [0.1, 0.15) is 52.0 Å². The van der Waals surface area contributed by atoms with E-state index in [2.05, 4.69) is 4.99 Å². The second-order valence-corrected chi connectivity index (χ2v) is 8.48. The van der Waals surface area contributed by atoms with Gasteiger partial charge in [0.1, 0.15) is 11.7 Å². The van der Waals surface area contributed by atoms with E-state index in [0.717, 1.165) is 0 Å². The second kappa shape index (κ2) is 8.42. The SMILES string of the molecule is CCOC(=O)C1C(C)=NC2=C(C(=O)CC(C)(C)C2)[C@H]1c1ccccc1OCC(=O)O. The standard InChI is InChI=1S/C23H27NO6/c1-5-29-22(28)19-13(2)24-15-10-23(3,4)11-16(25)21(15)20(19)14-8-6-7-9-17(14)30-12-18(26)27/h6-9,19-20H,5,10-12H2,1-4H3,(H,26,27)/t19?,20-/m0/s1. The Balaban J connectivity index is 2.17. The molecule has 3 rings (SSSR count). The zero-order valence-electron chi connectivity index (χ0n) is 17.7. The first-order valence-electron chi connectivity index (χ1n) is 10.1. The molecule has 0 saturated heterocycles. The van der Waals surface area contributed by atoms with Gasteiger partial charge in [-0.1, -0.05) is 32.0 Å². The highest BCUT2D eigenvalue weighted by Gasteiger charge is 2.46. The lowest BCUT2D eigenvalue weighted by atomic mass is 9.66. The van der Waals surface area contributed by atoms with E-state index in [1.165, 1.54) is 0 Å². The van der Waals surface area contributed by atoms with Crippen molar-refractivity contribution >= 4 is 23.4 Å². The average molecular weight is 413 g/mol. The maximum absolute atomic E-state index is 13.2. The number of hydrogen-bond acceptors (Lipinski definition) is 6. The molecule has 1 aromatic rings. The molecule has 0 aromatic heterocycles. The van der Waals surface area contributed by atoms with Gasteiger partial charge in [-0.25, -0.2) is 4.79 Å². The number of rotatable bonds is 6. The van der Waals surface area contributed by atoms with Gasteiger partial charge < -0.3 is 14.6 Å². The number of aliphatic carboxylic acids is 1. The summed E-state index contributed by atoms with van der Waals surface area (Å²) in [5.41, 5.74) is 2.14. The number of esters is 1. The van der Waals surface area contributed by atoms with Gasteiger partial charge in [0, 0.05) is 34.9 Å². The smallest absolute Gasteiger partial charge is 0.341 e. The summed E-state index contributed by atoms with van der Waals surface area (Å²) in [4.78, 5) is 41.8. The Labute approximate surface area is 175 Å². The minimum atomic E-state index is -1.11. The quantitative estimate of drug-likeness (QED) is 0.716. The van der Waals surface area contributed by atoms with Crippen molar-refractivity contribution in [3.05, 3.63) is 41.1 Å². The summed E-state index contributed by atoms with van der Waals surface area (Å²) in [7, 11) is 0. The predicted molar refractivity (Wildman–Crippen MR) is 111 cm³/mol. The van der Waals surface area contributed by atoms with E-state index >= 15 is 0 Å². The molecular weight excluding hydrogens is 386 g/mol. The Hall–Kier alpha value is -2.96. The van der Waals surface area contributed by atoms with Crippen molar-refractivity contribution in [3.8, 4) is 5.75 Å². The molecule has 1 heterocycles. The zero-order chi connectivity index (χ0) is 22.1. The lowest BCUT2D eigenvalue weighted by molar-refractivity contribution is -0.146. The van der Waals surface area contributed by atoms with Gasteiger partial charge in [-0.3, -0.25) is 14.6 Å². The van der Waals surface area contributed by atoms with Crippen LogP contribution in [-0.4, -0.2) is 41.8 Å².